The molecule has 1 aliphatic carbocycles. The van der Waals surface area contributed by atoms with Crippen LogP contribution in [0.15, 0.2) is 11.3 Å². The second-order valence-corrected chi connectivity index (χ2v) is 10.2. The average molecular weight is 256 g/mol. The lowest BCUT2D eigenvalue weighted by molar-refractivity contribution is -0.146. The number of hydrogen-bond acceptors (Lipinski definition) is 3. The van der Waals surface area contributed by atoms with Crippen LogP contribution in [0.5, 0.6) is 0 Å². The molecule has 4 heteroatoms. The van der Waals surface area contributed by atoms with E-state index in [0.717, 1.165) is 18.6 Å². The molecule has 1 aliphatic rings. The van der Waals surface area contributed by atoms with Gasteiger partial charge in [0, 0.05) is 6.42 Å². The van der Waals surface area contributed by atoms with E-state index >= 15 is 0 Å². The zero-order valence-electron chi connectivity index (χ0n) is 11.8. The maximum absolute atomic E-state index is 11.6. The SMILES string of the molecule is COC(=O)[C@@H](C)[C@H]1CCC(O[Si](C)(C)C)=C1C. The van der Waals surface area contributed by atoms with Crippen molar-refractivity contribution in [2.45, 2.75) is 46.3 Å². The largest absolute Gasteiger partial charge is 0.547 e. The quantitative estimate of drug-likeness (QED) is 0.572. The van der Waals surface area contributed by atoms with Crippen molar-refractivity contribution in [3.8, 4) is 0 Å². The first-order valence-electron chi connectivity index (χ1n) is 6.22. The first kappa shape index (κ1) is 14.3. The van der Waals surface area contributed by atoms with Gasteiger partial charge in [-0.2, -0.15) is 0 Å². The number of allylic oxidation sites excluding steroid dienone is 2. The fourth-order valence-electron chi connectivity index (χ4n) is 2.38. The van der Waals surface area contributed by atoms with Gasteiger partial charge in [-0.15, -0.1) is 0 Å². The summed E-state index contributed by atoms with van der Waals surface area (Å²) in [5.74, 6) is 1.21. The van der Waals surface area contributed by atoms with E-state index in [2.05, 4.69) is 26.6 Å². The highest BCUT2D eigenvalue weighted by molar-refractivity contribution is 6.70. The van der Waals surface area contributed by atoms with E-state index in [0.29, 0.717) is 0 Å². The molecule has 0 aliphatic heterocycles. The van der Waals surface area contributed by atoms with Crippen LogP contribution in [0.25, 0.3) is 0 Å². The van der Waals surface area contributed by atoms with Gasteiger partial charge in [0.15, 0.2) is 0 Å². The van der Waals surface area contributed by atoms with E-state index in [1.54, 1.807) is 0 Å². The van der Waals surface area contributed by atoms with Crippen molar-refractivity contribution in [2.75, 3.05) is 7.11 Å². The Bertz CT molecular complexity index is 328. The van der Waals surface area contributed by atoms with Crippen molar-refractivity contribution < 1.29 is 14.0 Å². The molecule has 98 valence electrons. The van der Waals surface area contributed by atoms with Crippen LogP contribution in [-0.4, -0.2) is 21.4 Å². The second-order valence-electron chi connectivity index (χ2n) is 5.78. The molecule has 0 aromatic heterocycles. The van der Waals surface area contributed by atoms with Gasteiger partial charge in [0.2, 0.25) is 8.32 Å². The smallest absolute Gasteiger partial charge is 0.308 e. The van der Waals surface area contributed by atoms with E-state index in [1.807, 2.05) is 6.92 Å². The van der Waals surface area contributed by atoms with E-state index in [4.69, 9.17) is 9.16 Å². The summed E-state index contributed by atoms with van der Waals surface area (Å²) in [7, 11) is -0.0873. The third-order valence-electron chi connectivity index (χ3n) is 3.28. The van der Waals surface area contributed by atoms with Crippen LogP contribution in [0.1, 0.15) is 26.7 Å². The van der Waals surface area contributed by atoms with Crippen LogP contribution < -0.4 is 0 Å². The molecule has 0 fully saturated rings. The molecule has 0 radical (unpaired) electrons. The molecule has 0 saturated heterocycles. The number of carbonyl (C=O) groups excluding carboxylic acids is 1. The number of rotatable bonds is 4. The van der Waals surface area contributed by atoms with Crippen molar-refractivity contribution in [2.24, 2.45) is 11.8 Å². The monoisotopic (exact) mass is 256 g/mol. The van der Waals surface area contributed by atoms with Crippen LogP contribution in [-0.2, 0) is 14.0 Å². The van der Waals surface area contributed by atoms with Crippen LogP contribution >= 0.6 is 0 Å². The Hall–Kier alpha value is -0.773. The molecule has 3 nitrogen and oxygen atoms in total. The molecule has 0 N–H and O–H groups in total. The van der Waals surface area contributed by atoms with Crippen molar-refractivity contribution in [3.05, 3.63) is 11.3 Å². The zero-order chi connectivity index (χ0) is 13.2. The molecule has 0 amide bonds. The minimum absolute atomic E-state index is 0.0669. The molecular weight excluding hydrogens is 232 g/mol. The highest BCUT2D eigenvalue weighted by atomic mass is 28.4. The van der Waals surface area contributed by atoms with Crippen LogP contribution in [0.3, 0.4) is 0 Å². The molecular formula is C13H24O3Si. The van der Waals surface area contributed by atoms with Crippen molar-refractivity contribution in [3.63, 3.8) is 0 Å². The topological polar surface area (TPSA) is 35.5 Å². The van der Waals surface area contributed by atoms with Gasteiger partial charge in [-0.05, 0) is 44.5 Å². The minimum Gasteiger partial charge on any atom is -0.547 e. The molecule has 0 spiro atoms. The third kappa shape index (κ3) is 3.59. The number of esters is 1. The lowest BCUT2D eigenvalue weighted by atomic mass is 9.89. The molecule has 0 unspecified atom stereocenters. The summed E-state index contributed by atoms with van der Waals surface area (Å²) < 4.78 is 10.9. The predicted octanol–water partition coefficient (Wildman–Crippen LogP) is 3.33. The van der Waals surface area contributed by atoms with Gasteiger partial charge in [-0.3, -0.25) is 4.79 Å². The van der Waals surface area contributed by atoms with Crippen LogP contribution in [0.4, 0.5) is 0 Å². The summed E-state index contributed by atoms with van der Waals surface area (Å²) in [6.45, 7) is 10.6. The molecule has 0 bridgehead atoms. The maximum atomic E-state index is 11.6. The normalized spacial score (nSPS) is 22.6. The van der Waals surface area contributed by atoms with Crippen molar-refractivity contribution in [1.29, 1.82) is 0 Å². The Morgan fingerprint density at radius 3 is 2.47 bits per heavy atom. The Kier molecular flexibility index (Phi) is 4.41. The molecule has 0 aromatic rings. The fraction of sp³-hybridized carbons (Fsp3) is 0.769. The molecule has 2 atom stereocenters. The Morgan fingerprint density at radius 2 is 2.00 bits per heavy atom. The summed E-state index contributed by atoms with van der Waals surface area (Å²) in [6.07, 6.45) is 1.96. The maximum Gasteiger partial charge on any atom is 0.308 e. The van der Waals surface area contributed by atoms with Gasteiger partial charge >= 0.3 is 5.97 Å². The Morgan fingerprint density at radius 1 is 1.41 bits per heavy atom. The van der Waals surface area contributed by atoms with Gasteiger partial charge < -0.3 is 9.16 Å². The standard InChI is InChI=1S/C13H24O3Si/c1-9-11(10(2)13(14)15-3)7-8-12(9)16-17(4,5)6/h10-11H,7-8H2,1-6H3/t10-,11-/m0/s1. The molecule has 17 heavy (non-hydrogen) atoms. The van der Waals surface area contributed by atoms with Crippen molar-refractivity contribution >= 4 is 14.3 Å². The summed E-state index contributed by atoms with van der Waals surface area (Å²) in [4.78, 5) is 11.6. The lowest BCUT2D eigenvalue weighted by Crippen LogP contribution is -2.25. The Labute approximate surface area is 105 Å². The average Bonchev–Trinajstić information content (AvgIpc) is 2.56. The zero-order valence-corrected chi connectivity index (χ0v) is 12.8. The highest BCUT2D eigenvalue weighted by Gasteiger charge is 2.33. The molecule has 0 heterocycles. The highest BCUT2D eigenvalue weighted by Crippen LogP contribution is 2.38. The van der Waals surface area contributed by atoms with Crippen LogP contribution in [0, 0.1) is 11.8 Å². The van der Waals surface area contributed by atoms with Gasteiger partial charge in [0.1, 0.15) is 0 Å². The van der Waals surface area contributed by atoms with Gasteiger partial charge in [0.05, 0.1) is 18.8 Å². The van der Waals surface area contributed by atoms with Crippen molar-refractivity contribution in [1.82, 2.24) is 0 Å². The van der Waals surface area contributed by atoms with E-state index in [1.165, 1.54) is 12.7 Å². The van der Waals surface area contributed by atoms with Gasteiger partial charge in [-0.25, -0.2) is 0 Å². The first-order valence-corrected chi connectivity index (χ1v) is 9.63. The Balaban J connectivity index is 2.77. The summed E-state index contributed by atoms with van der Waals surface area (Å²) in [6, 6.07) is 0. The second kappa shape index (κ2) is 5.25. The van der Waals surface area contributed by atoms with Crippen LogP contribution in [0.2, 0.25) is 19.6 Å². The van der Waals surface area contributed by atoms with E-state index in [-0.39, 0.29) is 17.8 Å². The number of hydrogen-bond donors (Lipinski definition) is 0. The number of carbonyl (C=O) groups is 1. The summed E-state index contributed by atoms with van der Waals surface area (Å²) in [5.41, 5.74) is 1.24. The van der Waals surface area contributed by atoms with E-state index in [9.17, 15) is 4.79 Å². The lowest BCUT2D eigenvalue weighted by Gasteiger charge is -2.22. The third-order valence-corrected chi connectivity index (χ3v) is 4.14. The molecule has 0 aromatic carbocycles. The number of ether oxygens (including phenoxy) is 1. The van der Waals surface area contributed by atoms with Gasteiger partial charge in [0.25, 0.3) is 0 Å². The fourth-order valence-corrected chi connectivity index (χ4v) is 3.39. The number of methoxy groups -OCH3 is 1. The van der Waals surface area contributed by atoms with E-state index < -0.39 is 8.32 Å². The minimum atomic E-state index is -1.54. The molecule has 1 rings (SSSR count). The predicted molar refractivity (Wildman–Crippen MR) is 71.0 cm³/mol. The first-order chi connectivity index (χ1) is 7.76. The molecule has 0 saturated carbocycles. The summed E-state index contributed by atoms with van der Waals surface area (Å²) >= 11 is 0. The summed E-state index contributed by atoms with van der Waals surface area (Å²) in [5, 5.41) is 0. The van der Waals surface area contributed by atoms with Gasteiger partial charge in [-0.1, -0.05) is 6.92 Å².